The summed E-state index contributed by atoms with van der Waals surface area (Å²) in [5.74, 6) is 0. The number of benzene rings is 1. The van der Waals surface area contributed by atoms with Crippen LogP contribution in [-0.2, 0) is 0 Å². The van der Waals surface area contributed by atoms with Crippen LogP contribution in [0.3, 0.4) is 0 Å². The minimum absolute atomic E-state index is 0.134. The highest BCUT2D eigenvalue weighted by atomic mass is 127. The van der Waals surface area contributed by atoms with Crippen LogP contribution in [0.5, 0.6) is 0 Å². The Hall–Kier alpha value is -0.890. The molecule has 0 radical (unpaired) electrons. The summed E-state index contributed by atoms with van der Waals surface area (Å²) >= 11 is 2.14. The number of nitro groups is 1. The number of anilines is 1. The molecule has 2 rings (SSSR count). The Morgan fingerprint density at radius 2 is 2.00 bits per heavy atom. The normalized spacial score (nSPS) is 24.2. The second-order valence-corrected chi connectivity index (χ2v) is 6.23. The van der Waals surface area contributed by atoms with Crippen LogP contribution >= 0.6 is 22.6 Å². The third-order valence-corrected chi connectivity index (χ3v) is 4.50. The lowest BCUT2D eigenvalue weighted by atomic mass is 10.00. The van der Waals surface area contributed by atoms with Gasteiger partial charge in [0.15, 0.2) is 0 Å². The van der Waals surface area contributed by atoms with E-state index in [1.54, 1.807) is 18.2 Å². The fourth-order valence-corrected chi connectivity index (χ4v) is 3.11. The number of hydrogen-bond acceptors (Lipinski definition) is 4. The second kappa shape index (κ2) is 6.04. The molecule has 1 aliphatic rings. The van der Waals surface area contributed by atoms with E-state index in [-0.39, 0.29) is 10.6 Å². The first kappa shape index (κ1) is 14.5. The summed E-state index contributed by atoms with van der Waals surface area (Å²) in [6, 6.07) is 5.89. The summed E-state index contributed by atoms with van der Waals surface area (Å²) in [7, 11) is 0. The van der Waals surface area contributed by atoms with Gasteiger partial charge in [0, 0.05) is 27.8 Å². The lowest BCUT2D eigenvalue weighted by molar-refractivity contribution is -0.384. The van der Waals surface area contributed by atoms with Crippen molar-refractivity contribution in [1.82, 2.24) is 5.01 Å². The van der Waals surface area contributed by atoms with Gasteiger partial charge in [0.05, 0.1) is 10.6 Å². The number of piperidine rings is 1. The van der Waals surface area contributed by atoms with Gasteiger partial charge in [0.1, 0.15) is 0 Å². The Labute approximate surface area is 126 Å². The molecule has 1 aliphatic heterocycles. The maximum absolute atomic E-state index is 10.7. The van der Waals surface area contributed by atoms with E-state index in [4.69, 9.17) is 0 Å². The third-order valence-electron chi connectivity index (χ3n) is 3.61. The zero-order chi connectivity index (χ0) is 14.0. The molecule has 2 atom stereocenters. The predicted molar refractivity (Wildman–Crippen MR) is 84.1 cm³/mol. The molecule has 1 aromatic rings. The maximum Gasteiger partial charge on any atom is 0.270 e. The number of nitrogens with one attached hydrogen (secondary N) is 1. The van der Waals surface area contributed by atoms with Crippen molar-refractivity contribution in [2.75, 3.05) is 5.43 Å². The van der Waals surface area contributed by atoms with Gasteiger partial charge in [-0.2, -0.15) is 0 Å². The summed E-state index contributed by atoms with van der Waals surface area (Å²) in [6.07, 6.45) is 3.62. The Kier molecular flexibility index (Phi) is 4.62. The first-order valence-electron chi connectivity index (χ1n) is 6.48. The average Bonchev–Trinajstić information content (AvgIpc) is 2.35. The minimum atomic E-state index is -0.363. The minimum Gasteiger partial charge on any atom is -0.317 e. The number of hydrogen-bond donors (Lipinski definition) is 1. The summed E-state index contributed by atoms with van der Waals surface area (Å²) in [6.45, 7) is 4.42. The van der Waals surface area contributed by atoms with E-state index < -0.39 is 0 Å². The average molecular weight is 375 g/mol. The fourth-order valence-electron chi connectivity index (χ4n) is 2.49. The van der Waals surface area contributed by atoms with Crippen LogP contribution in [0.1, 0.15) is 33.1 Å². The van der Waals surface area contributed by atoms with E-state index in [9.17, 15) is 10.1 Å². The summed E-state index contributed by atoms with van der Waals surface area (Å²) < 4.78 is 0.872. The molecule has 19 heavy (non-hydrogen) atoms. The number of nitro benzene ring substituents is 1. The number of rotatable bonds is 3. The molecule has 0 spiro atoms. The van der Waals surface area contributed by atoms with E-state index in [1.165, 1.54) is 19.3 Å². The third kappa shape index (κ3) is 3.36. The van der Waals surface area contributed by atoms with Gasteiger partial charge in [-0.1, -0.05) is 6.42 Å². The highest BCUT2D eigenvalue weighted by Gasteiger charge is 2.25. The van der Waals surface area contributed by atoms with Crippen molar-refractivity contribution >= 4 is 34.0 Å². The first-order chi connectivity index (χ1) is 8.99. The van der Waals surface area contributed by atoms with Crippen LogP contribution in [0.25, 0.3) is 0 Å². The van der Waals surface area contributed by atoms with E-state index in [2.05, 4.69) is 46.9 Å². The molecule has 1 aromatic carbocycles. The van der Waals surface area contributed by atoms with Crippen LogP contribution in [0.15, 0.2) is 18.2 Å². The van der Waals surface area contributed by atoms with E-state index in [0.717, 1.165) is 9.26 Å². The molecule has 1 saturated heterocycles. The van der Waals surface area contributed by atoms with E-state index >= 15 is 0 Å². The Balaban J connectivity index is 2.16. The lowest BCUT2D eigenvalue weighted by Crippen LogP contribution is -2.47. The van der Waals surface area contributed by atoms with Crippen molar-refractivity contribution < 1.29 is 4.92 Å². The highest BCUT2D eigenvalue weighted by Crippen LogP contribution is 2.28. The van der Waals surface area contributed by atoms with Crippen molar-refractivity contribution in [1.29, 1.82) is 0 Å². The first-order valence-corrected chi connectivity index (χ1v) is 7.56. The van der Waals surface area contributed by atoms with Gasteiger partial charge < -0.3 is 5.43 Å². The van der Waals surface area contributed by atoms with Crippen LogP contribution in [0.4, 0.5) is 11.4 Å². The van der Waals surface area contributed by atoms with E-state index in [1.807, 2.05) is 0 Å². The Bertz CT molecular complexity index is 471. The van der Waals surface area contributed by atoms with Crippen LogP contribution in [0, 0.1) is 13.7 Å². The molecular formula is C13H18IN3O2. The SMILES string of the molecule is CC1CCCC(C)N1Nc1ccc([N+](=O)[O-])cc1I. The molecule has 0 bridgehead atoms. The monoisotopic (exact) mass is 375 g/mol. The zero-order valence-corrected chi connectivity index (χ0v) is 13.3. The summed E-state index contributed by atoms with van der Waals surface area (Å²) in [5, 5.41) is 13.0. The molecule has 6 heteroatoms. The molecule has 2 unspecified atom stereocenters. The summed E-state index contributed by atoms with van der Waals surface area (Å²) in [5.41, 5.74) is 4.49. The topological polar surface area (TPSA) is 58.4 Å². The summed E-state index contributed by atoms with van der Waals surface area (Å²) in [4.78, 5) is 10.4. The number of hydrazine groups is 1. The molecule has 0 saturated carbocycles. The predicted octanol–water partition coefficient (Wildman–Crippen LogP) is 3.79. The van der Waals surface area contributed by atoms with Crippen LogP contribution < -0.4 is 5.43 Å². The van der Waals surface area contributed by atoms with Crippen molar-refractivity contribution in [3.05, 3.63) is 31.9 Å². The van der Waals surface area contributed by atoms with Gasteiger partial charge in [-0.05, 0) is 55.3 Å². The standard InChI is InChI=1S/C13H18IN3O2/c1-9-4-3-5-10(2)16(9)15-13-7-6-11(17(18)19)8-12(13)14/h6-10,15H,3-5H2,1-2H3. The molecule has 1 heterocycles. The molecule has 0 amide bonds. The molecule has 0 aliphatic carbocycles. The number of nitrogens with zero attached hydrogens (tertiary/aromatic N) is 2. The van der Waals surface area contributed by atoms with Crippen LogP contribution in [0.2, 0.25) is 0 Å². The van der Waals surface area contributed by atoms with Crippen LogP contribution in [-0.4, -0.2) is 22.0 Å². The number of halogens is 1. The zero-order valence-electron chi connectivity index (χ0n) is 11.1. The van der Waals surface area contributed by atoms with Gasteiger partial charge in [-0.25, -0.2) is 5.01 Å². The second-order valence-electron chi connectivity index (χ2n) is 5.07. The van der Waals surface area contributed by atoms with Crippen molar-refractivity contribution in [3.63, 3.8) is 0 Å². The van der Waals surface area contributed by atoms with Gasteiger partial charge in [-0.3, -0.25) is 10.1 Å². The lowest BCUT2D eigenvalue weighted by Gasteiger charge is -2.39. The quantitative estimate of drug-likeness (QED) is 0.496. The van der Waals surface area contributed by atoms with Gasteiger partial charge in [0.2, 0.25) is 0 Å². The Morgan fingerprint density at radius 3 is 2.53 bits per heavy atom. The fraction of sp³-hybridized carbons (Fsp3) is 0.538. The smallest absolute Gasteiger partial charge is 0.270 e. The molecule has 1 N–H and O–H groups in total. The molecule has 0 aromatic heterocycles. The Morgan fingerprint density at radius 1 is 1.37 bits per heavy atom. The molecule has 5 nitrogen and oxygen atoms in total. The molecule has 1 fully saturated rings. The highest BCUT2D eigenvalue weighted by molar-refractivity contribution is 14.1. The van der Waals surface area contributed by atoms with Gasteiger partial charge >= 0.3 is 0 Å². The van der Waals surface area contributed by atoms with Gasteiger partial charge in [-0.15, -0.1) is 0 Å². The van der Waals surface area contributed by atoms with Crippen molar-refractivity contribution in [3.8, 4) is 0 Å². The number of non-ortho nitro benzene ring substituents is 1. The molecular weight excluding hydrogens is 357 g/mol. The van der Waals surface area contributed by atoms with Crippen molar-refractivity contribution in [2.45, 2.75) is 45.2 Å². The van der Waals surface area contributed by atoms with Gasteiger partial charge in [0.25, 0.3) is 5.69 Å². The van der Waals surface area contributed by atoms with E-state index in [0.29, 0.717) is 12.1 Å². The largest absolute Gasteiger partial charge is 0.317 e. The van der Waals surface area contributed by atoms with Crippen molar-refractivity contribution in [2.24, 2.45) is 0 Å². The maximum atomic E-state index is 10.7. The molecule has 104 valence electrons.